The van der Waals surface area contributed by atoms with Crippen molar-refractivity contribution < 1.29 is 9.84 Å². The second-order valence-electron chi connectivity index (χ2n) is 6.39. The fraction of sp³-hybridized carbons (Fsp3) is 0.529. The number of aliphatic hydroxyl groups excluding tert-OH is 1. The Balaban J connectivity index is 1.33. The number of hydrogen-bond acceptors (Lipinski definition) is 5. The molecule has 2 atom stereocenters. The summed E-state index contributed by atoms with van der Waals surface area (Å²) in [6, 6.07) is 7.85. The summed E-state index contributed by atoms with van der Waals surface area (Å²) in [6.07, 6.45) is 7.77. The molecule has 23 heavy (non-hydrogen) atoms. The Hall–Kier alpha value is -1.37. The van der Waals surface area contributed by atoms with E-state index >= 15 is 0 Å². The van der Waals surface area contributed by atoms with Crippen LogP contribution in [-0.2, 0) is 17.9 Å². The Morgan fingerprint density at radius 3 is 2.74 bits per heavy atom. The third kappa shape index (κ3) is 3.76. The van der Waals surface area contributed by atoms with E-state index in [1.54, 1.807) is 11.8 Å². The molecule has 1 N–H and O–H groups in total. The summed E-state index contributed by atoms with van der Waals surface area (Å²) >= 11 is 1.58. The zero-order valence-corrected chi connectivity index (χ0v) is 13.8. The Labute approximate surface area is 140 Å². The topological polar surface area (TPSA) is 60.2 Å². The van der Waals surface area contributed by atoms with Crippen molar-refractivity contribution in [2.24, 2.45) is 5.92 Å². The second kappa shape index (κ2) is 6.63. The maximum atomic E-state index is 9.07. The van der Waals surface area contributed by atoms with E-state index in [4.69, 9.17) is 9.84 Å². The van der Waals surface area contributed by atoms with Gasteiger partial charge in [0, 0.05) is 4.90 Å². The first-order chi connectivity index (χ1) is 11.3. The number of hydrogen-bond donors (Lipinski definition) is 1. The summed E-state index contributed by atoms with van der Waals surface area (Å²) in [7, 11) is 0. The van der Waals surface area contributed by atoms with E-state index < -0.39 is 0 Å². The molecule has 1 saturated heterocycles. The van der Waals surface area contributed by atoms with Gasteiger partial charge in [0.2, 0.25) is 0 Å². The number of ether oxygens (including phenoxy) is 1. The van der Waals surface area contributed by atoms with Crippen LogP contribution in [0.1, 0.15) is 31.2 Å². The van der Waals surface area contributed by atoms with Crippen LogP contribution < -0.4 is 0 Å². The molecule has 0 bridgehead atoms. The van der Waals surface area contributed by atoms with Crippen LogP contribution in [0.25, 0.3) is 0 Å². The minimum absolute atomic E-state index is 0.0738. The number of rotatable bonds is 6. The molecule has 0 radical (unpaired) electrons. The van der Waals surface area contributed by atoms with E-state index in [9.17, 15) is 0 Å². The predicted molar refractivity (Wildman–Crippen MR) is 87.1 cm³/mol. The van der Waals surface area contributed by atoms with Gasteiger partial charge in [-0.3, -0.25) is 0 Å². The van der Waals surface area contributed by atoms with Crippen LogP contribution in [-0.4, -0.2) is 32.3 Å². The molecule has 1 aliphatic heterocycles. The summed E-state index contributed by atoms with van der Waals surface area (Å²) < 4.78 is 8.02. The second-order valence-corrected chi connectivity index (χ2v) is 7.49. The average molecular weight is 331 g/mol. The fourth-order valence-corrected chi connectivity index (χ4v) is 3.86. The maximum Gasteiger partial charge on any atom is 0.143 e. The first-order valence-corrected chi connectivity index (χ1v) is 9.05. The lowest BCUT2D eigenvalue weighted by Crippen LogP contribution is -2.18. The third-order valence-electron chi connectivity index (χ3n) is 4.52. The minimum atomic E-state index is 0.0738. The summed E-state index contributed by atoms with van der Waals surface area (Å²) in [5.74, 6) is 0.823. The smallest absolute Gasteiger partial charge is 0.143 e. The van der Waals surface area contributed by atoms with E-state index in [1.165, 1.54) is 19.3 Å². The maximum absolute atomic E-state index is 9.07. The molecule has 0 amide bonds. The zero-order chi connectivity index (χ0) is 15.6. The molecule has 6 heteroatoms. The summed E-state index contributed by atoms with van der Waals surface area (Å²) in [4.78, 5) is 1.10. The molecule has 2 aromatic rings. The van der Waals surface area contributed by atoms with Crippen LogP contribution >= 0.6 is 11.8 Å². The lowest BCUT2D eigenvalue weighted by molar-refractivity contribution is 0.0222. The molecule has 1 aromatic carbocycles. The normalized spacial score (nSPS) is 24.2. The van der Waals surface area contributed by atoms with Gasteiger partial charge in [-0.15, -0.1) is 5.10 Å². The van der Waals surface area contributed by atoms with Crippen molar-refractivity contribution in [3.05, 3.63) is 36.0 Å². The standard InChI is InChI=1S/C17H21N3O2S/c21-11-12-1-6-15(7-2-12)23-17-10-20(19-18-17)9-14-5-8-16(22-14)13-3-4-13/h1-2,6-7,10,13-14,16,21H,3-5,8-9,11H2. The summed E-state index contributed by atoms with van der Waals surface area (Å²) in [5, 5.41) is 18.4. The molecule has 2 unspecified atom stereocenters. The van der Waals surface area contributed by atoms with Gasteiger partial charge in [-0.2, -0.15) is 0 Å². The molecular formula is C17H21N3O2S. The molecule has 1 aliphatic carbocycles. The fourth-order valence-electron chi connectivity index (χ4n) is 3.09. The van der Waals surface area contributed by atoms with Crippen LogP contribution in [0.5, 0.6) is 0 Å². The highest BCUT2D eigenvalue weighted by Gasteiger charge is 2.37. The van der Waals surface area contributed by atoms with E-state index in [-0.39, 0.29) is 12.7 Å². The molecule has 2 aliphatic rings. The van der Waals surface area contributed by atoms with Gasteiger partial charge in [-0.1, -0.05) is 29.1 Å². The van der Waals surface area contributed by atoms with Crippen molar-refractivity contribution in [1.29, 1.82) is 0 Å². The molecule has 1 saturated carbocycles. The predicted octanol–water partition coefficient (Wildman–Crippen LogP) is 2.88. The monoisotopic (exact) mass is 331 g/mol. The van der Waals surface area contributed by atoms with Gasteiger partial charge in [0.15, 0.2) is 0 Å². The van der Waals surface area contributed by atoms with Crippen LogP contribution in [0.2, 0.25) is 0 Å². The first kappa shape index (κ1) is 15.2. The molecule has 2 fully saturated rings. The van der Waals surface area contributed by atoms with Gasteiger partial charge in [0.25, 0.3) is 0 Å². The third-order valence-corrected chi connectivity index (χ3v) is 5.43. The lowest BCUT2D eigenvalue weighted by atomic mass is 10.1. The molecule has 5 nitrogen and oxygen atoms in total. The zero-order valence-electron chi connectivity index (χ0n) is 13.0. The molecule has 2 heterocycles. The highest BCUT2D eigenvalue weighted by molar-refractivity contribution is 7.99. The van der Waals surface area contributed by atoms with Crippen molar-refractivity contribution in [2.75, 3.05) is 0 Å². The lowest BCUT2D eigenvalue weighted by Gasteiger charge is -2.12. The van der Waals surface area contributed by atoms with Crippen molar-refractivity contribution in [3.8, 4) is 0 Å². The van der Waals surface area contributed by atoms with E-state index in [2.05, 4.69) is 10.3 Å². The molecule has 122 valence electrons. The largest absolute Gasteiger partial charge is 0.392 e. The summed E-state index contributed by atoms with van der Waals surface area (Å²) in [5.41, 5.74) is 0.918. The Kier molecular flexibility index (Phi) is 4.37. The van der Waals surface area contributed by atoms with E-state index in [1.807, 2.05) is 35.1 Å². The Morgan fingerprint density at radius 1 is 1.17 bits per heavy atom. The van der Waals surface area contributed by atoms with Gasteiger partial charge in [-0.05, 0) is 49.3 Å². The Bertz CT molecular complexity index is 654. The van der Waals surface area contributed by atoms with Gasteiger partial charge in [-0.25, -0.2) is 4.68 Å². The quantitative estimate of drug-likeness (QED) is 0.882. The molecule has 1 aromatic heterocycles. The van der Waals surface area contributed by atoms with Crippen molar-refractivity contribution >= 4 is 11.8 Å². The molecule has 4 rings (SSSR count). The minimum Gasteiger partial charge on any atom is -0.392 e. The van der Waals surface area contributed by atoms with Gasteiger partial charge >= 0.3 is 0 Å². The van der Waals surface area contributed by atoms with Crippen molar-refractivity contribution in [3.63, 3.8) is 0 Å². The SMILES string of the molecule is OCc1ccc(Sc2cn(CC3CCC(C4CC4)O3)nn2)cc1. The highest BCUT2D eigenvalue weighted by Crippen LogP contribution is 2.40. The van der Waals surface area contributed by atoms with E-state index in [0.717, 1.165) is 34.4 Å². The van der Waals surface area contributed by atoms with Crippen LogP contribution in [0.4, 0.5) is 0 Å². The van der Waals surface area contributed by atoms with Gasteiger partial charge in [0.05, 0.1) is 31.6 Å². The molecule has 0 spiro atoms. The van der Waals surface area contributed by atoms with Crippen LogP contribution in [0, 0.1) is 5.92 Å². The number of nitrogens with zero attached hydrogens (tertiary/aromatic N) is 3. The number of aromatic nitrogens is 3. The highest BCUT2D eigenvalue weighted by atomic mass is 32.2. The van der Waals surface area contributed by atoms with Crippen LogP contribution in [0.3, 0.4) is 0 Å². The number of aliphatic hydroxyl groups is 1. The average Bonchev–Trinajstić information content (AvgIpc) is 3.17. The summed E-state index contributed by atoms with van der Waals surface area (Å²) in [6.45, 7) is 0.866. The van der Waals surface area contributed by atoms with Gasteiger partial charge < -0.3 is 9.84 Å². The first-order valence-electron chi connectivity index (χ1n) is 8.23. The number of benzene rings is 1. The van der Waals surface area contributed by atoms with Gasteiger partial charge in [0.1, 0.15) is 5.03 Å². The van der Waals surface area contributed by atoms with Crippen LogP contribution in [0.15, 0.2) is 40.4 Å². The Morgan fingerprint density at radius 2 is 2.00 bits per heavy atom. The van der Waals surface area contributed by atoms with Crippen molar-refractivity contribution in [2.45, 2.75) is 61.0 Å². The molecular weight excluding hydrogens is 310 g/mol. The van der Waals surface area contributed by atoms with E-state index in [0.29, 0.717) is 6.10 Å². The van der Waals surface area contributed by atoms with Crippen molar-refractivity contribution in [1.82, 2.24) is 15.0 Å².